The van der Waals surface area contributed by atoms with Crippen molar-refractivity contribution >= 4 is 11.8 Å². The van der Waals surface area contributed by atoms with E-state index >= 15 is 0 Å². The molecular weight excluding hydrogens is 248 g/mol. The molecule has 110 valence electrons. The number of hydrogen-bond acceptors (Lipinski definition) is 4. The van der Waals surface area contributed by atoms with E-state index in [1.165, 1.54) is 0 Å². The summed E-state index contributed by atoms with van der Waals surface area (Å²) in [6, 6.07) is 0. The first-order valence-corrected chi connectivity index (χ1v) is 6.70. The number of methoxy groups -OCH3 is 1. The Kier molecular flexibility index (Phi) is 6.24. The van der Waals surface area contributed by atoms with Crippen LogP contribution in [0.2, 0.25) is 0 Å². The van der Waals surface area contributed by atoms with Crippen LogP contribution in [0.4, 0.5) is 0 Å². The van der Waals surface area contributed by atoms with Gasteiger partial charge in [-0.15, -0.1) is 0 Å². The highest BCUT2D eigenvalue weighted by Gasteiger charge is 2.38. The van der Waals surface area contributed by atoms with Crippen molar-refractivity contribution in [3.8, 4) is 0 Å². The van der Waals surface area contributed by atoms with Gasteiger partial charge in [0.05, 0.1) is 19.8 Å². The minimum Gasteiger partial charge on any atom is -0.382 e. The smallest absolute Gasteiger partial charge is 0.248 e. The minimum atomic E-state index is -0.792. The molecule has 1 unspecified atom stereocenters. The van der Waals surface area contributed by atoms with E-state index in [1.54, 1.807) is 18.9 Å². The first kappa shape index (κ1) is 15.9. The predicted octanol–water partition coefficient (Wildman–Crippen LogP) is 0.167. The van der Waals surface area contributed by atoms with Crippen LogP contribution in [0, 0.1) is 0 Å². The van der Waals surface area contributed by atoms with Crippen LogP contribution in [0.1, 0.15) is 26.7 Å². The second-order valence-electron chi connectivity index (χ2n) is 4.88. The Bertz CT molecular complexity index is 322. The SMILES string of the molecule is CCC1(C)NC(=O)CCN(CCOCCOC)C1=O. The summed E-state index contributed by atoms with van der Waals surface area (Å²) >= 11 is 0. The molecule has 0 saturated carbocycles. The molecule has 0 aromatic carbocycles. The van der Waals surface area contributed by atoms with E-state index in [0.29, 0.717) is 45.8 Å². The second kappa shape index (κ2) is 7.45. The molecule has 19 heavy (non-hydrogen) atoms. The van der Waals surface area contributed by atoms with Gasteiger partial charge in [0, 0.05) is 26.6 Å². The third-order valence-corrected chi connectivity index (χ3v) is 3.43. The number of carbonyl (C=O) groups is 2. The molecule has 1 fully saturated rings. The topological polar surface area (TPSA) is 67.9 Å². The van der Waals surface area contributed by atoms with E-state index in [4.69, 9.17) is 9.47 Å². The lowest BCUT2D eigenvalue weighted by atomic mass is 9.97. The Morgan fingerprint density at radius 2 is 2.05 bits per heavy atom. The minimum absolute atomic E-state index is 0.0313. The van der Waals surface area contributed by atoms with Gasteiger partial charge in [0.15, 0.2) is 0 Å². The lowest BCUT2D eigenvalue weighted by molar-refractivity contribution is -0.138. The fourth-order valence-corrected chi connectivity index (χ4v) is 1.98. The molecule has 0 aliphatic carbocycles. The first-order chi connectivity index (χ1) is 9.03. The third kappa shape index (κ3) is 4.47. The molecule has 0 aromatic heterocycles. The molecule has 1 aliphatic rings. The second-order valence-corrected chi connectivity index (χ2v) is 4.88. The van der Waals surface area contributed by atoms with Gasteiger partial charge in [-0.1, -0.05) is 6.92 Å². The van der Waals surface area contributed by atoms with Crippen LogP contribution in [0.3, 0.4) is 0 Å². The highest BCUT2D eigenvalue weighted by molar-refractivity contribution is 5.93. The lowest BCUT2D eigenvalue weighted by Crippen LogP contribution is -2.55. The molecule has 1 rings (SSSR count). The number of amides is 2. The van der Waals surface area contributed by atoms with Gasteiger partial charge >= 0.3 is 0 Å². The molecule has 0 radical (unpaired) electrons. The van der Waals surface area contributed by atoms with Gasteiger partial charge < -0.3 is 19.7 Å². The number of nitrogens with zero attached hydrogens (tertiary/aromatic N) is 1. The fraction of sp³-hybridized carbons (Fsp3) is 0.846. The normalized spacial score (nSPS) is 24.3. The van der Waals surface area contributed by atoms with Crippen molar-refractivity contribution in [2.75, 3.05) is 40.0 Å². The summed E-state index contributed by atoms with van der Waals surface area (Å²) in [5.41, 5.74) is -0.792. The van der Waals surface area contributed by atoms with Crippen LogP contribution in [-0.4, -0.2) is 62.3 Å². The molecule has 1 saturated heterocycles. The van der Waals surface area contributed by atoms with Gasteiger partial charge in [-0.3, -0.25) is 9.59 Å². The van der Waals surface area contributed by atoms with Gasteiger partial charge in [-0.05, 0) is 13.3 Å². The Morgan fingerprint density at radius 1 is 1.32 bits per heavy atom. The quantitative estimate of drug-likeness (QED) is 0.671. The van der Waals surface area contributed by atoms with Gasteiger partial charge in [-0.2, -0.15) is 0 Å². The summed E-state index contributed by atoms with van der Waals surface area (Å²) in [5.74, 6) is -0.100. The van der Waals surface area contributed by atoms with Crippen molar-refractivity contribution in [2.24, 2.45) is 0 Å². The molecule has 1 heterocycles. The number of hydrogen-bond donors (Lipinski definition) is 1. The zero-order chi connectivity index (χ0) is 14.3. The van der Waals surface area contributed by atoms with E-state index < -0.39 is 5.54 Å². The summed E-state index contributed by atoms with van der Waals surface area (Å²) in [5, 5.41) is 2.80. The number of ether oxygens (including phenoxy) is 2. The zero-order valence-corrected chi connectivity index (χ0v) is 12.0. The molecule has 0 spiro atoms. The van der Waals surface area contributed by atoms with Crippen LogP contribution in [0.15, 0.2) is 0 Å². The predicted molar refractivity (Wildman–Crippen MR) is 70.7 cm³/mol. The summed E-state index contributed by atoms with van der Waals surface area (Å²) in [6.07, 6.45) is 0.929. The molecule has 6 nitrogen and oxygen atoms in total. The number of nitrogens with one attached hydrogen (secondary N) is 1. The van der Waals surface area contributed by atoms with Crippen molar-refractivity contribution in [3.05, 3.63) is 0 Å². The molecule has 0 bridgehead atoms. The Morgan fingerprint density at radius 3 is 2.68 bits per heavy atom. The van der Waals surface area contributed by atoms with Crippen molar-refractivity contribution in [1.82, 2.24) is 10.2 Å². The van der Waals surface area contributed by atoms with Crippen molar-refractivity contribution in [2.45, 2.75) is 32.2 Å². The Balaban J connectivity index is 2.52. The molecule has 1 atom stereocenters. The summed E-state index contributed by atoms with van der Waals surface area (Å²) < 4.78 is 10.2. The Labute approximate surface area is 114 Å². The highest BCUT2D eigenvalue weighted by Crippen LogP contribution is 2.17. The number of carbonyl (C=O) groups excluding carboxylic acids is 2. The maximum Gasteiger partial charge on any atom is 0.248 e. The van der Waals surface area contributed by atoms with Crippen LogP contribution >= 0.6 is 0 Å². The van der Waals surface area contributed by atoms with Crippen LogP contribution in [0.5, 0.6) is 0 Å². The molecule has 2 amide bonds. The van der Waals surface area contributed by atoms with E-state index in [1.807, 2.05) is 6.92 Å². The highest BCUT2D eigenvalue weighted by atomic mass is 16.5. The average molecular weight is 272 g/mol. The molecule has 1 aliphatic heterocycles. The molecule has 0 aromatic rings. The third-order valence-electron chi connectivity index (χ3n) is 3.43. The Hall–Kier alpha value is -1.14. The first-order valence-electron chi connectivity index (χ1n) is 6.70. The van der Waals surface area contributed by atoms with Crippen molar-refractivity contribution < 1.29 is 19.1 Å². The monoisotopic (exact) mass is 272 g/mol. The largest absolute Gasteiger partial charge is 0.382 e. The molecule has 1 N–H and O–H groups in total. The molecular formula is C13H24N2O4. The standard InChI is InChI=1S/C13H24N2O4/c1-4-13(2)12(17)15(6-5-11(16)14-13)7-8-19-10-9-18-3/h4-10H2,1-3H3,(H,14,16). The van der Waals surface area contributed by atoms with Crippen molar-refractivity contribution in [1.29, 1.82) is 0 Å². The zero-order valence-electron chi connectivity index (χ0n) is 12.0. The van der Waals surface area contributed by atoms with E-state index in [0.717, 1.165) is 0 Å². The fourth-order valence-electron chi connectivity index (χ4n) is 1.98. The van der Waals surface area contributed by atoms with Crippen molar-refractivity contribution in [3.63, 3.8) is 0 Å². The number of rotatable bonds is 7. The van der Waals surface area contributed by atoms with Gasteiger partial charge in [-0.25, -0.2) is 0 Å². The molecule has 6 heteroatoms. The summed E-state index contributed by atoms with van der Waals surface area (Å²) in [4.78, 5) is 25.7. The van der Waals surface area contributed by atoms with E-state index in [2.05, 4.69) is 5.32 Å². The maximum atomic E-state index is 12.4. The van der Waals surface area contributed by atoms with Gasteiger partial charge in [0.1, 0.15) is 5.54 Å². The van der Waals surface area contributed by atoms with Gasteiger partial charge in [0.2, 0.25) is 11.8 Å². The average Bonchev–Trinajstić information content (AvgIpc) is 2.50. The van der Waals surface area contributed by atoms with E-state index in [-0.39, 0.29) is 11.8 Å². The van der Waals surface area contributed by atoms with Gasteiger partial charge in [0.25, 0.3) is 0 Å². The van der Waals surface area contributed by atoms with E-state index in [9.17, 15) is 9.59 Å². The summed E-state index contributed by atoms with van der Waals surface area (Å²) in [7, 11) is 1.62. The van der Waals surface area contributed by atoms with Crippen LogP contribution < -0.4 is 5.32 Å². The summed E-state index contributed by atoms with van der Waals surface area (Å²) in [6.45, 7) is 6.15. The van der Waals surface area contributed by atoms with Crippen LogP contribution in [-0.2, 0) is 19.1 Å². The lowest BCUT2D eigenvalue weighted by Gasteiger charge is -2.31. The van der Waals surface area contributed by atoms with Crippen LogP contribution in [0.25, 0.3) is 0 Å². The maximum absolute atomic E-state index is 12.4.